The number of carbonyl (C=O) groups excluding carboxylic acids is 1. The van der Waals surface area contributed by atoms with Crippen LogP contribution in [0.1, 0.15) is 19.3 Å². The van der Waals surface area contributed by atoms with Gasteiger partial charge in [0.05, 0.1) is 14.2 Å². The quantitative estimate of drug-likeness (QED) is 0.786. The summed E-state index contributed by atoms with van der Waals surface area (Å²) >= 11 is 0. The molecule has 1 saturated heterocycles. The number of piperidine rings is 1. The minimum atomic E-state index is -3.80. The van der Waals surface area contributed by atoms with Gasteiger partial charge in [0, 0.05) is 6.54 Å². The summed E-state index contributed by atoms with van der Waals surface area (Å²) in [6, 6.07) is 5.64. The van der Waals surface area contributed by atoms with E-state index in [-0.39, 0.29) is 10.6 Å². The Balaban J connectivity index is 2.43. The summed E-state index contributed by atoms with van der Waals surface area (Å²) in [5, 5.41) is 0. The van der Waals surface area contributed by atoms with E-state index in [4.69, 9.17) is 9.47 Å². The number of esters is 1. The highest BCUT2D eigenvalue weighted by Gasteiger charge is 2.39. The molecule has 7 heteroatoms. The first-order chi connectivity index (χ1) is 10.0. The number of benzene rings is 1. The molecule has 1 heterocycles. The van der Waals surface area contributed by atoms with E-state index in [1.54, 1.807) is 18.2 Å². The second-order valence-electron chi connectivity index (χ2n) is 4.80. The third-order valence-electron chi connectivity index (χ3n) is 3.58. The van der Waals surface area contributed by atoms with E-state index in [1.807, 2.05) is 0 Å². The van der Waals surface area contributed by atoms with Gasteiger partial charge in [-0.3, -0.25) is 4.79 Å². The van der Waals surface area contributed by atoms with Crippen LogP contribution in [0.3, 0.4) is 0 Å². The summed E-state index contributed by atoms with van der Waals surface area (Å²) in [5.41, 5.74) is 0. The van der Waals surface area contributed by atoms with Crippen molar-refractivity contribution in [2.45, 2.75) is 30.2 Å². The van der Waals surface area contributed by atoms with Gasteiger partial charge in [0.1, 0.15) is 16.7 Å². The van der Waals surface area contributed by atoms with Crippen molar-refractivity contribution in [2.75, 3.05) is 20.8 Å². The monoisotopic (exact) mass is 313 g/mol. The molecule has 1 atom stereocenters. The van der Waals surface area contributed by atoms with Gasteiger partial charge in [-0.25, -0.2) is 8.42 Å². The molecule has 21 heavy (non-hydrogen) atoms. The summed E-state index contributed by atoms with van der Waals surface area (Å²) in [6.07, 6.45) is 2.00. The van der Waals surface area contributed by atoms with Crippen LogP contribution in [0.2, 0.25) is 0 Å². The van der Waals surface area contributed by atoms with Crippen LogP contribution < -0.4 is 4.74 Å². The van der Waals surface area contributed by atoms with Crippen LogP contribution in [0.5, 0.6) is 5.75 Å². The maximum absolute atomic E-state index is 12.8. The van der Waals surface area contributed by atoms with Crippen molar-refractivity contribution in [1.82, 2.24) is 4.31 Å². The number of hydrogen-bond acceptors (Lipinski definition) is 5. The molecule has 0 saturated carbocycles. The summed E-state index contributed by atoms with van der Waals surface area (Å²) in [7, 11) is -1.11. The fraction of sp³-hybridized carbons (Fsp3) is 0.500. The number of nitrogens with zero attached hydrogens (tertiary/aromatic N) is 1. The number of hydrogen-bond donors (Lipinski definition) is 0. The molecule has 1 fully saturated rings. The minimum absolute atomic E-state index is 0.0725. The molecule has 0 radical (unpaired) electrons. The number of ether oxygens (including phenoxy) is 2. The SMILES string of the molecule is COC(=O)C1CCCCN1S(=O)(=O)c1ccccc1OC. The third kappa shape index (κ3) is 3.03. The molecule has 1 aromatic rings. The first-order valence-corrected chi connectivity index (χ1v) is 8.19. The maximum atomic E-state index is 12.8. The van der Waals surface area contributed by atoms with E-state index in [1.165, 1.54) is 24.6 Å². The molecule has 0 bridgehead atoms. The minimum Gasteiger partial charge on any atom is -0.495 e. The Bertz CT molecular complexity index is 614. The molecule has 1 unspecified atom stereocenters. The van der Waals surface area contributed by atoms with Gasteiger partial charge in [-0.1, -0.05) is 12.1 Å². The van der Waals surface area contributed by atoms with Gasteiger partial charge in [-0.05, 0) is 31.4 Å². The predicted molar refractivity (Wildman–Crippen MR) is 76.5 cm³/mol. The van der Waals surface area contributed by atoms with Crippen LogP contribution in [-0.2, 0) is 19.6 Å². The number of sulfonamides is 1. The van der Waals surface area contributed by atoms with E-state index in [0.29, 0.717) is 13.0 Å². The summed E-state index contributed by atoms with van der Waals surface area (Å²) in [6.45, 7) is 0.306. The second-order valence-corrected chi connectivity index (χ2v) is 6.66. The normalized spacial score (nSPS) is 20.0. The van der Waals surface area contributed by atoms with Crippen LogP contribution in [0, 0.1) is 0 Å². The number of methoxy groups -OCH3 is 2. The van der Waals surface area contributed by atoms with Gasteiger partial charge in [-0.2, -0.15) is 4.31 Å². The molecule has 0 amide bonds. The second kappa shape index (κ2) is 6.44. The molecule has 0 N–H and O–H groups in total. The zero-order valence-electron chi connectivity index (χ0n) is 12.1. The average Bonchev–Trinajstić information content (AvgIpc) is 2.54. The fourth-order valence-corrected chi connectivity index (χ4v) is 4.33. The van der Waals surface area contributed by atoms with Gasteiger partial charge < -0.3 is 9.47 Å². The van der Waals surface area contributed by atoms with E-state index in [2.05, 4.69) is 0 Å². The van der Waals surface area contributed by atoms with Crippen LogP contribution in [0.25, 0.3) is 0 Å². The van der Waals surface area contributed by atoms with Gasteiger partial charge in [0.25, 0.3) is 0 Å². The van der Waals surface area contributed by atoms with E-state index < -0.39 is 22.0 Å². The van der Waals surface area contributed by atoms with Crippen molar-refractivity contribution in [3.05, 3.63) is 24.3 Å². The lowest BCUT2D eigenvalue weighted by molar-refractivity contribution is -0.146. The van der Waals surface area contributed by atoms with Crippen LogP contribution in [0.4, 0.5) is 0 Å². The molecular weight excluding hydrogens is 294 g/mol. The first-order valence-electron chi connectivity index (χ1n) is 6.75. The first kappa shape index (κ1) is 15.8. The Morgan fingerprint density at radius 2 is 1.95 bits per heavy atom. The zero-order chi connectivity index (χ0) is 15.5. The van der Waals surface area contributed by atoms with Crippen molar-refractivity contribution in [1.29, 1.82) is 0 Å². The summed E-state index contributed by atoms with van der Waals surface area (Å²) < 4.78 is 36.7. The predicted octanol–water partition coefficient (Wildman–Crippen LogP) is 1.41. The third-order valence-corrected chi connectivity index (χ3v) is 5.53. The average molecular weight is 313 g/mol. The van der Waals surface area contributed by atoms with Crippen LogP contribution in [-0.4, -0.2) is 45.5 Å². The molecule has 1 aromatic carbocycles. The Morgan fingerprint density at radius 1 is 1.24 bits per heavy atom. The molecule has 6 nitrogen and oxygen atoms in total. The van der Waals surface area contributed by atoms with Gasteiger partial charge in [-0.15, -0.1) is 0 Å². The molecule has 0 spiro atoms. The number of carbonyl (C=O) groups is 1. The summed E-state index contributed by atoms with van der Waals surface area (Å²) in [5.74, 6) is -0.250. The molecule has 0 aliphatic carbocycles. The number of para-hydroxylation sites is 1. The van der Waals surface area contributed by atoms with Crippen molar-refractivity contribution in [3.8, 4) is 5.75 Å². The zero-order valence-corrected chi connectivity index (χ0v) is 12.9. The lowest BCUT2D eigenvalue weighted by Crippen LogP contribution is -2.48. The lowest BCUT2D eigenvalue weighted by Gasteiger charge is -2.32. The molecule has 116 valence electrons. The standard InChI is InChI=1S/C14H19NO5S/c1-19-12-8-3-4-9-13(12)21(17,18)15-10-6-5-7-11(15)14(16)20-2/h3-4,8-9,11H,5-7,10H2,1-2H3. The van der Waals surface area contributed by atoms with Crippen molar-refractivity contribution in [2.24, 2.45) is 0 Å². The molecule has 2 rings (SSSR count). The fourth-order valence-electron chi connectivity index (χ4n) is 2.52. The molecule has 1 aliphatic rings. The summed E-state index contributed by atoms with van der Waals surface area (Å²) in [4.78, 5) is 11.9. The smallest absolute Gasteiger partial charge is 0.324 e. The number of rotatable bonds is 4. The Labute approximate surface area is 124 Å². The van der Waals surface area contributed by atoms with E-state index in [9.17, 15) is 13.2 Å². The topological polar surface area (TPSA) is 72.9 Å². The van der Waals surface area contributed by atoms with Gasteiger partial charge in [0.15, 0.2) is 0 Å². The van der Waals surface area contributed by atoms with Crippen LogP contribution >= 0.6 is 0 Å². The Kier molecular flexibility index (Phi) is 4.84. The lowest BCUT2D eigenvalue weighted by atomic mass is 10.1. The van der Waals surface area contributed by atoms with Crippen LogP contribution in [0.15, 0.2) is 29.2 Å². The van der Waals surface area contributed by atoms with Crippen molar-refractivity contribution >= 4 is 16.0 Å². The Hall–Kier alpha value is -1.60. The highest BCUT2D eigenvalue weighted by Crippen LogP contribution is 2.31. The van der Waals surface area contributed by atoms with Crippen molar-refractivity contribution in [3.63, 3.8) is 0 Å². The van der Waals surface area contributed by atoms with Gasteiger partial charge >= 0.3 is 5.97 Å². The molecular formula is C14H19NO5S. The Morgan fingerprint density at radius 3 is 2.62 bits per heavy atom. The molecule has 1 aliphatic heterocycles. The van der Waals surface area contributed by atoms with Gasteiger partial charge in [0.2, 0.25) is 10.0 Å². The highest BCUT2D eigenvalue weighted by molar-refractivity contribution is 7.89. The van der Waals surface area contributed by atoms with E-state index >= 15 is 0 Å². The molecule has 0 aromatic heterocycles. The maximum Gasteiger partial charge on any atom is 0.324 e. The largest absolute Gasteiger partial charge is 0.495 e. The van der Waals surface area contributed by atoms with Crippen molar-refractivity contribution < 1.29 is 22.7 Å². The van der Waals surface area contributed by atoms with E-state index in [0.717, 1.165) is 12.8 Å². The highest BCUT2D eigenvalue weighted by atomic mass is 32.2.